The summed E-state index contributed by atoms with van der Waals surface area (Å²) in [5.74, 6) is 0.344. The van der Waals surface area contributed by atoms with Crippen molar-refractivity contribution in [3.63, 3.8) is 0 Å². The van der Waals surface area contributed by atoms with Crippen molar-refractivity contribution < 1.29 is 9.13 Å². The fraction of sp³-hybridized carbons (Fsp3) is 0.304. The molecule has 0 aliphatic carbocycles. The average Bonchev–Trinajstić information content (AvgIpc) is 3.12. The van der Waals surface area contributed by atoms with Crippen molar-refractivity contribution in [2.45, 2.75) is 45.4 Å². The van der Waals surface area contributed by atoms with Gasteiger partial charge >= 0.3 is 0 Å². The fourth-order valence-corrected chi connectivity index (χ4v) is 4.06. The average molecular weight is 471 g/mol. The number of imidazole rings is 1. The monoisotopic (exact) mass is 470 g/mol. The second-order valence-corrected chi connectivity index (χ2v) is 8.55. The van der Waals surface area contributed by atoms with Gasteiger partial charge in [0.15, 0.2) is 0 Å². The number of hydrogen-bond donors (Lipinski definition) is 1. The molecule has 2 atom stereocenters. The van der Waals surface area contributed by atoms with Crippen molar-refractivity contribution in [2.24, 2.45) is 5.73 Å². The molecular weight excluding hydrogens is 447 g/mol. The lowest BCUT2D eigenvalue weighted by molar-refractivity contribution is 0.202. The van der Waals surface area contributed by atoms with Crippen LogP contribution in [0.3, 0.4) is 0 Å². The van der Waals surface area contributed by atoms with Crippen LogP contribution in [0.25, 0.3) is 21.9 Å². The number of hydrogen-bond acceptors (Lipinski definition) is 4. The van der Waals surface area contributed by atoms with Crippen LogP contribution in [0.1, 0.15) is 38.3 Å². The highest BCUT2D eigenvalue weighted by atomic mass is 79.9. The van der Waals surface area contributed by atoms with Gasteiger partial charge in [-0.25, -0.2) is 9.37 Å². The molecule has 2 heterocycles. The number of rotatable bonds is 7. The molecule has 0 aliphatic heterocycles. The van der Waals surface area contributed by atoms with E-state index in [1.54, 1.807) is 6.07 Å². The minimum absolute atomic E-state index is 0.0182. The third-order valence-electron chi connectivity index (χ3n) is 5.21. The first-order valence-corrected chi connectivity index (χ1v) is 10.8. The number of ether oxygens (including phenoxy) is 1. The largest absolute Gasteiger partial charge is 0.490 e. The summed E-state index contributed by atoms with van der Waals surface area (Å²) in [6, 6.07) is 10.3. The van der Waals surface area contributed by atoms with Crippen LogP contribution in [0.5, 0.6) is 5.75 Å². The van der Waals surface area contributed by atoms with Crippen LogP contribution >= 0.6 is 15.9 Å². The molecule has 0 fully saturated rings. The molecule has 4 rings (SSSR count). The minimum Gasteiger partial charge on any atom is -0.490 e. The number of pyridine rings is 1. The highest BCUT2D eigenvalue weighted by molar-refractivity contribution is 9.10. The standard InChI is InChI=1S/C23H24BrFN4O/c1-14(30-22-8-6-17(25)11-18(22)15(2)26)4-3-9-29-13-28-21-12-27-20-7-5-16(24)10-19(20)23(21)29/h5-8,10-15H,3-4,9,26H2,1-2H3/t14?,15-/m1/s1. The zero-order valence-corrected chi connectivity index (χ0v) is 18.6. The number of nitrogens with two attached hydrogens (primary N) is 1. The van der Waals surface area contributed by atoms with E-state index in [0.717, 1.165) is 45.8 Å². The van der Waals surface area contributed by atoms with E-state index in [-0.39, 0.29) is 18.0 Å². The van der Waals surface area contributed by atoms with E-state index >= 15 is 0 Å². The van der Waals surface area contributed by atoms with Gasteiger partial charge in [-0.2, -0.15) is 0 Å². The van der Waals surface area contributed by atoms with Crippen molar-refractivity contribution in [1.82, 2.24) is 14.5 Å². The molecule has 1 unspecified atom stereocenters. The summed E-state index contributed by atoms with van der Waals surface area (Å²) in [6.45, 7) is 4.67. The van der Waals surface area contributed by atoms with Gasteiger partial charge in [0.1, 0.15) is 17.1 Å². The Morgan fingerprint density at radius 1 is 1.13 bits per heavy atom. The molecule has 2 aromatic carbocycles. The topological polar surface area (TPSA) is 66.0 Å². The van der Waals surface area contributed by atoms with Gasteiger partial charge in [0, 0.05) is 28.0 Å². The number of aromatic nitrogens is 3. The lowest BCUT2D eigenvalue weighted by Crippen LogP contribution is -2.16. The van der Waals surface area contributed by atoms with E-state index in [9.17, 15) is 4.39 Å². The molecule has 5 nitrogen and oxygen atoms in total. The fourth-order valence-electron chi connectivity index (χ4n) is 3.70. The van der Waals surface area contributed by atoms with Crippen molar-refractivity contribution in [1.29, 1.82) is 0 Å². The highest BCUT2D eigenvalue weighted by Gasteiger charge is 2.14. The Balaban J connectivity index is 1.46. The third-order valence-corrected chi connectivity index (χ3v) is 5.70. The van der Waals surface area contributed by atoms with Crippen LogP contribution in [-0.4, -0.2) is 20.6 Å². The normalized spacial score (nSPS) is 13.6. The maximum atomic E-state index is 13.5. The zero-order chi connectivity index (χ0) is 21.3. The molecule has 30 heavy (non-hydrogen) atoms. The predicted molar refractivity (Wildman–Crippen MR) is 121 cm³/mol. The molecular formula is C23H24BrFN4O. The first-order chi connectivity index (χ1) is 14.4. The molecule has 0 amide bonds. The Morgan fingerprint density at radius 2 is 1.97 bits per heavy atom. The Morgan fingerprint density at radius 3 is 2.77 bits per heavy atom. The highest BCUT2D eigenvalue weighted by Crippen LogP contribution is 2.28. The molecule has 7 heteroatoms. The molecule has 0 bridgehead atoms. The van der Waals surface area contributed by atoms with Gasteiger partial charge in [-0.3, -0.25) is 4.98 Å². The lowest BCUT2D eigenvalue weighted by Gasteiger charge is -2.19. The molecule has 0 saturated heterocycles. The quantitative estimate of drug-likeness (QED) is 0.373. The van der Waals surface area contributed by atoms with Crippen molar-refractivity contribution in [3.05, 3.63) is 64.8 Å². The second kappa shape index (κ2) is 8.70. The first kappa shape index (κ1) is 20.8. The maximum absolute atomic E-state index is 13.5. The van der Waals surface area contributed by atoms with E-state index < -0.39 is 0 Å². The van der Waals surface area contributed by atoms with E-state index in [1.807, 2.05) is 38.5 Å². The number of fused-ring (bicyclic) bond motifs is 3. The molecule has 4 aromatic rings. The van der Waals surface area contributed by atoms with Gasteiger partial charge in [0.05, 0.1) is 29.7 Å². The summed E-state index contributed by atoms with van der Waals surface area (Å²) < 4.78 is 22.8. The number of halogens is 2. The Labute approximate surface area is 183 Å². The summed E-state index contributed by atoms with van der Waals surface area (Å²) >= 11 is 3.55. The van der Waals surface area contributed by atoms with Crippen LogP contribution in [0.2, 0.25) is 0 Å². The van der Waals surface area contributed by atoms with Crippen LogP contribution < -0.4 is 10.5 Å². The van der Waals surface area contributed by atoms with Crippen LogP contribution in [0, 0.1) is 5.82 Å². The number of nitrogens with zero attached hydrogens (tertiary/aromatic N) is 3. The van der Waals surface area contributed by atoms with Gasteiger partial charge in [0.2, 0.25) is 0 Å². The molecule has 0 aliphatic rings. The second-order valence-electron chi connectivity index (χ2n) is 7.63. The van der Waals surface area contributed by atoms with E-state index in [1.165, 1.54) is 12.1 Å². The Bertz CT molecular complexity index is 1190. The van der Waals surface area contributed by atoms with Gasteiger partial charge in [-0.15, -0.1) is 0 Å². The van der Waals surface area contributed by atoms with Gasteiger partial charge in [0.25, 0.3) is 0 Å². The van der Waals surface area contributed by atoms with Gasteiger partial charge < -0.3 is 15.0 Å². The molecule has 0 spiro atoms. The van der Waals surface area contributed by atoms with E-state index in [2.05, 4.69) is 36.5 Å². The van der Waals surface area contributed by atoms with E-state index in [4.69, 9.17) is 10.5 Å². The molecule has 2 aromatic heterocycles. The van der Waals surface area contributed by atoms with Crippen LogP contribution in [0.4, 0.5) is 4.39 Å². The molecule has 0 radical (unpaired) electrons. The number of benzene rings is 2. The predicted octanol–water partition coefficient (Wildman–Crippen LogP) is 5.75. The first-order valence-electron chi connectivity index (χ1n) is 10.0. The van der Waals surface area contributed by atoms with Crippen LogP contribution in [0.15, 0.2) is 53.4 Å². The van der Waals surface area contributed by atoms with Crippen LogP contribution in [-0.2, 0) is 6.54 Å². The Hall–Kier alpha value is -2.51. The molecule has 0 saturated carbocycles. The summed E-state index contributed by atoms with van der Waals surface area (Å²) in [6.07, 6.45) is 5.43. The summed E-state index contributed by atoms with van der Waals surface area (Å²) in [5.41, 5.74) is 9.58. The third kappa shape index (κ3) is 4.32. The van der Waals surface area contributed by atoms with Crippen molar-refractivity contribution >= 4 is 37.9 Å². The van der Waals surface area contributed by atoms with E-state index in [0.29, 0.717) is 11.3 Å². The SMILES string of the molecule is CC(CCCn1cnc2cnc3ccc(Br)cc3c21)Oc1ccc(F)cc1[C@@H](C)N. The summed E-state index contributed by atoms with van der Waals surface area (Å²) in [5, 5.41) is 1.08. The smallest absolute Gasteiger partial charge is 0.124 e. The molecule has 2 N–H and O–H groups in total. The zero-order valence-electron chi connectivity index (χ0n) is 17.0. The maximum Gasteiger partial charge on any atom is 0.124 e. The van der Waals surface area contributed by atoms with Crippen molar-refractivity contribution in [2.75, 3.05) is 0 Å². The molecule has 156 valence electrons. The number of aryl methyl sites for hydroxylation is 1. The van der Waals surface area contributed by atoms with Crippen molar-refractivity contribution in [3.8, 4) is 5.75 Å². The van der Waals surface area contributed by atoms with Gasteiger partial charge in [-0.1, -0.05) is 15.9 Å². The Kier molecular flexibility index (Phi) is 6.01. The summed E-state index contributed by atoms with van der Waals surface area (Å²) in [7, 11) is 0. The summed E-state index contributed by atoms with van der Waals surface area (Å²) in [4.78, 5) is 9.00. The lowest BCUT2D eigenvalue weighted by atomic mass is 10.1. The van der Waals surface area contributed by atoms with Gasteiger partial charge in [-0.05, 0) is 63.1 Å². The minimum atomic E-state index is -0.303.